The fourth-order valence-corrected chi connectivity index (χ4v) is 3.42. The lowest BCUT2D eigenvalue weighted by Gasteiger charge is -2.17. The average Bonchev–Trinajstić information content (AvgIpc) is 2.85. The van der Waals surface area contributed by atoms with Gasteiger partial charge in [0.1, 0.15) is 0 Å². The van der Waals surface area contributed by atoms with Gasteiger partial charge in [-0.05, 0) is 41.1 Å². The molecule has 2 aromatic carbocycles. The van der Waals surface area contributed by atoms with Crippen LogP contribution >= 0.6 is 11.3 Å². The molecular formula is C17H18N2S. The van der Waals surface area contributed by atoms with Gasteiger partial charge in [-0.2, -0.15) is 0 Å². The minimum Gasteiger partial charge on any atom is -0.398 e. The van der Waals surface area contributed by atoms with Gasteiger partial charge in [0.05, 0.1) is 0 Å². The summed E-state index contributed by atoms with van der Waals surface area (Å²) in [7, 11) is 2.14. The molecule has 0 saturated carbocycles. The second kappa shape index (κ2) is 5.65. The van der Waals surface area contributed by atoms with Crippen LogP contribution in [0.4, 0.5) is 5.69 Å². The van der Waals surface area contributed by atoms with Crippen molar-refractivity contribution in [3.63, 3.8) is 0 Å². The highest BCUT2D eigenvalue weighted by molar-refractivity contribution is 7.17. The van der Waals surface area contributed by atoms with Gasteiger partial charge in [-0.1, -0.05) is 36.4 Å². The van der Waals surface area contributed by atoms with E-state index in [-0.39, 0.29) is 0 Å². The molecule has 20 heavy (non-hydrogen) atoms. The number of rotatable bonds is 4. The Labute approximate surface area is 123 Å². The van der Waals surface area contributed by atoms with Crippen molar-refractivity contribution in [2.75, 3.05) is 12.8 Å². The molecule has 0 atom stereocenters. The molecule has 0 saturated heterocycles. The van der Waals surface area contributed by atoms with Gasteiger partial charge in [0.25, 0.3) is 0 Å². The van der Waals surface area contributed by atoms with Crippen molar-refractivity contribution in [1.29, 1.82) is 0 Å². The SMILES string of the molecule is CN(Cc1ccccc1N)Cc1csc2ccccc12. The highest BCUT2D eigenvalue weighted by Gasteiger charge is 2.08. The Morgan fingerprint density at radius 3 is 2.50 bits per heavy atom. The highest BCUT2D eigenvalue weighted by atomic mass is 32.1. The van der Waals surface area contributed by atoms with Crippen molar-refractivity contribution in [3.8, 4) is 0 Å². The first-order valence-corrected chi connectivity index (χ1v) is 7.59. The van der Waals surface area contributed by atoms with E-state index < -0.39 is 0 Å². The lowest BCUT2D eigenvalue weighted by atomic mass is 10.1. The van der Waals surface area contributed by atoms with Crippen LogP contribution in [0.5, 0.6) is 0 Å². The summed E-state index contributed by atoms with van der Waals surface area (Å²) < 4.78 is 1.36. The van der Waals surface area contributed by atoms with Crippen molar-refractivity contribution in [3.05, 3.63) is 65.0 Å². The molecule has 0 aliphatic rings. The molecule has 0 bridgehead atoms. The van der Waals surface area contributed by atoms with Crippen LogP contribution in [0.2, 0.25) is 0 Å². The van der Waals surface area contributed by atoms with E-state index in [4.69, 9.17) is 5.73 Å². The van der Waals surface area contributed by atoms with Crippen LogP contribution < -0.4 is 5.73 Å². The normalized spacial score (nSPS) is 11.3. The summed E-state index contributed by atoms with van der Waals surface area (Å²) in [5, 5.41) is 3.63. The average molecular weight is 282 g/mol. The van der Waals surface area contributed by atoms with E-state index in [1.807, 2.05) is 29.5 Å². The Balaban J connectivity index is 1.76. The molecule has 0 unspecified atom stereocenters. The van der Waals surface area contributed by atoms with E-state index in [1.54, 1.807) is 0 Å². The maximum atomic E-state index is 6.01. The Morgan fingerprint density at radius 2 is 1.65 bits per heavy atom. The van der Waals surface area contributed by atoms with E-state index in [1.165, 1.54) is 21.2 Å². The molecule has 0 fully saturated rings. The lowest BCUT2D eigenvalue weighted by Crippen LogP contribution is -2.17. The van der Waals surface area contributed by atoms with Gasteiger partial charge >= 0.3 is 0 Å². The summed E-state index contributed by atoms with van der Waals surface area (Å²) in [6, 6.07) is 16.7. The van der Waals surface area contributed by atoms with Gasteiger partial charge in [-0.15, -0.1) is 11.3 Å². The second-order valence-electron chi connectivity index (χ2n) is 5.13. The van der Waals surface area contributed by atoms with Gasteiger partial charge < -0.3 is 5.73 Å². The first-order valence-electron chi connectivity index (χ1n) is 6.71. The van der Waals surface area contributed by atoms with Gasteiger partial charge in [0, 0.05) is 23.5 Å². The molecule has 2 N–H and O–H groups in total. The molecule has 1 heterocycles. The van der Waals surface area contributed by atoms with Gasteiger partial charge in [-0.3, -0.25) is 4.90 Å². The molecular weight excluding hydrogens is 264 g/mol. The zero-order valence-corrected chi connectivity index (χ0v) is 12.4. The summed E-state index contributed by atoms with van der Waals surface area (Å²) in [6.45, 7) is 1.81. The quantitative estimate of drug-likeness (QED) is 0.729. The first kappa shape index (κ1) is 13.2. The Kier molecular flexibility index (Phi) is 3.72. The monoisotopic (exact) mass is 282 g/mol. The fourth-order valence-electron chi connectivity index (χ4n) is 2.47. The summed E-state index contributed by atoms with van der Waals surface area (Å²) >= 11 is 1.81. The van der Waals surface area contributed by atoms with Crippen molar-refractivity contribution in [1.82, 2.24) is 4.90 Å². The van der Waals surface area contributed by atoms with Gasteiger partial charge in [0.2, 0.25) is 0 Å². The van der Waals surface area contributed by atoms with Crippen LogP contribution in [0.3, 0.4) is 0 Å². The maximum Gasteiger partial charge on any atom is 0.0359 e. The van der Waals surface area contributed by atoms with Crippen molar-refractivity contribution >= 4 is 27.1 Å². The number of nitrogens with two attached hydrogens (primary N) is 1. The zero-order valence-electron chi connectivity index (χ0n) is 11.5. The summed E-state index contributed by atoms with van der Waals surface area (Å²) in [4.78, 5) is 2.31. The van der Waals surface area contributed by atoms with E-state index in [9.17, 15) is 0 Å². The third kappa shape index (κ3) is 2.69. The highest BCUT2D eigenvalue weighted by Crippen LogP contribution is 2.27. The summed E-state index contributed by atoms with van der Waals surface area (Å²) in [6.07, 6.45) is 0. The van der Waals surface area contributed by atoms with Gasteiger partial charge in [0.15, 0.2) is 0 Å². The molecule has 102 valence electrons. The third-order valence-corrected chi connectivity index (χ3v) is 4.51. The third-order valence-electron chi connectivity index (χ3n) is 3.50. The maximum absolute atomic E-state index is 6.01. The predicted molar refractivity (Wildman–Crippen MR) is 87.9 cm³/mol. The van der Waals surface area contributed by atoms with Crippen LogP contribution in [0.25, 0.3) is 10.1 Å². The topological polar surface area (TPSA) is 29.3 Å². The number of hydrogen-bond donors (Lipinski definition) is 1. The second-order valence-corrected chi connectivity index (χ2v) is 6.04. The number of anilines is 1. The summed E-state index contributed by atoms with van der Waals surface area (Å²) in [5.74, 6) is 0. The molecule has 3 aromatic rings. The molecule has 3 heteroatoms. The van der Waals surface area contributed by atoms with Crippen LogP contribution in [-0.2, 0) is 13.1 Å². The lowest BCUT2D eigenvalue weighted by molar-refractivity contribution is 0.321. The number of nitrogens with zero attached hydrogens (tertiary/aromatic N) is 1. The fraction of sp³-hybridized carbons (Fsp3) is 0.176. The number of para-hydroxylation sites is 1. The number of thiophene rings is 1. The van der Waals surface area contributed by atoms with E-state index in [0.29, 0.717) is 0 Å². The molecule has 0 aliphatic carbocycles. The predicted octanol–water partition coefficient (Wildman–Crippen LogP) is 4.12. The smallest absolute Gasteiger partial charge is 0.0359 e. The molecule has 0 spiro atoms. The largest absolute Gasteiger partial charge is 0.398 e. The van der Waals surface area contributed by atoms with Crippen LogP contribution in [0.15, 0.2) is 53.9 Å². The van der Waals surface area contributed by atoms with E-state index in [2.05, 4.69) is 47.7 Å². The number of fused-ring (bicyclic) bond motifs is 1. The van der Waals surface area contributed by atoms with Crippen molar-refractivity contribution in [2.24, 2.45) is 0 Å². The van der Waals surface area contributed by atoms with Gasteiger partial charge in [-0.25, -0.2) is 0 Å². The molecule has 1 aromatic heterocycles. The minimum atomic E-state index is 0.870. The number of benzene rings is 2. The Bertz CT molecular complexity index is 718. The van der Waals surface area contributed by atoms with Crippen LogP contribution in [0, 0.1) is 0 Å². The standard InChI is InChI=1S/C17H18N2S/c1-19(10-13-6-2-4-8-16(13)18)11-14-12-20-17-9-5-3-7-15(14)17/h2-9,12H,10-11,18H2,1H3. The molecule has 0 amide bonds. The van der Waals surface area contributed by atoms with Crippen molar-refractivity contribution < 1.29 is 0 Å². The van der Waals surface area contributed by atoms with Crippen molar-refractivity contribution in [2.45, 2.75) is 13.1 Å². The Morgan fingerprint density at radius 1 is 0.950 bits per heavy atom. The molecule has 3 rings (SSSR count). The minimum absolute atomic E-state index is 0.870. The molecule has 0 radical (unpaired) electrons. The van der Waals surface area contributed by atoms with Crippen LogP contribution in [-0.4, -0.2) is 11.9 Å². The van der Waals surface area contributed by atoms with E-state index >= 15 is 0 Å². The molecule has 0 aliphatic heterocycles. The first-order chi connectivity index (χ1) is 9.74. The van der Waals surface area contributed by atoms with Crippen LogP contribution in [0.1, 0.15) is 11.1 Å². The molecule has 2 nitrogen and oxygen atoms in total. The number of nitrogen functional groups attached to an aromatic ring is 1. The number of hydrogen-bond acceptors (Lipinski definition) is 3. The summed E-state index contributed by atoms with van der Waals surface area (Å²) in [5.41, 5.74) is 9.46. The zero-order chi connectivity index (χ0) is 13.9. The van der Waals surface area contributed by atoms with E-state index in [0.717, 1.165) is 18.8 Å². The Hall–Kier alpha value is -1.84.